The van der Waals surface area contributed by atoms with Crippen molar-refractivity contribution < 1.29 is 14.3 Å². The van der Waals surface area contributed by atoms with Crippen LogP contribution in [-0.4, -0.2) is 47.0 Å². The number of amides is 1. The zero-order chi connectivity index (χ0) is 22.1. The molecule has 3 aliphatic heterocycles. The second-order valence-electron chi connectivity index (χ2n) is 8.22. The first kappa shape index (κ1) is 21.7. The number of ether oxygens (including phenoxy) is 1. The predicted octanol–water partition coefficient (Wildman–Crippen LogP) is 4.45. The highest BCUT2D eigenvalue weighted by Crippen LogP contribution is 2.46. The number of hydrogen-bond acceptors (Lipinski definition) is 6. The summed E-state index contributed by atoms with van der Waals surface area (Å²) in [4.78, 5) is 34.7. The molecule has 31 heavy (non-hydrogen) atoms. The number of fused-ring (bicyclic) bond motifs is 1. The highest BCUT2D eigenvalue weighted by molar-refractivity contribution is 8.16. The zero-order valence-corrected chi connectivity index (χ0v) is 19.4. The van der Waals surface area contributed by atoms with Crippen LogP contribution in [0, 0.1) is 13.8 Å². The normalized spacial score (nSPS) is 20.6. The van der Waals surface area contributed by atoms with E-state index in [-0.39, 0.29) is 17.9 Å². The van der Waals surface area contributed by atoms with Crippen LogP contribution in [-0.2, 0) is 14.3 Å². The number of likely N-dealkylation sites (tertiary alicyclic amines) is 1. The molecule has 0 saturated carbocycles. The highest BCUT2D eigenvalue weighted by Gasteiger charge is 2.42. The van der Waals surface area contributed by atoms with Crippen LogP contribution in [0.15, 0.2) is 45.6 Å². The summed E-state index contributed by atoms with van der Waals surface area (Å²) in [6.07, 6.45) is 3.07. The van der Waals surface area contributed by atoms with Crippen LogP contribution in [0.4, 0.5) is 0 Å². The summed E-state index contributed by atoms with van der Waals surface area (Å²) in [6, 6.07) is 5.92. The number of carbonyl (C=O) groups is 2. The second kappa shape index (κ2) is 8.91. The Hall–Kier alpha value is -2.54. The largest absolute Gasteiger partial charge is 0.466 e. The lowest BCUT2D eigenvalue weighted by atomic mass is 9.89. The molecule has 0 aromatic heterocycles. The van der Waals surface area contributed by atoms with E-state index in [0.29, 0.717) is 18.4 Å². The fraction of sp³-hybridized carbons (Fsp3) is 0.458. The van der Waals surface area contributed by atoms with Crippen molar-refractivity contribution in [3.8, 4) is 0 Å². The number of methoxy groups -OCH3 is 1. The lowest BCUT2D eigenvalue weighted by molar-refractivity contribution is -0.136. The van der Waals surface area contributed by atoms with Crippen LogP contribution in [0.1, 0.15) is 55.3 Å². The Morgan fingerprint density at radius 1 is 1.23 bits per heavy atom. The average molecular weight is 440 g/mol. The van der Waals surface area contributed by atoms with Gasteiger partial charge in [-0.15, -0.1) is 0 Å². The number of rotatable bonds is 5. The quantitative estimate of drug-likeness (QED) is 0.634. The number of carbonyl (C=O) groups excluding carboxylic acids is 2. The number of amidine groups is 1. The van der Waals surface area contributed by atoms with Crippen molar-refractivity contribution >= 4 is 28.8 Å². The average Bonchev–Trinajstić information content (AvgIpc) is 3.42. The molecule has 0 aliphatic carbocycles. The third kappa shape index (κ3) is 4.03. The first-order valence-corrected chi connectivity index (χ1v) is 11.7. The summed E-state index contributed by atoms with van der Waals surface area (Å²) in [5, 5.41) is 2.83. The topological polar surface area (TPSA) is 62.2 Å². The number of aryl methyl sites for hydroxylation is 2. The standard InChI is InChI=1S/C24H29N3O3S/c1-5-19-21(23(29)30-4)22(18-9-8-15(2)12-16(18)3)27-17(14-31-24(27)25-19)13-20(28)26-10-6-7-11-26/h8-9,12,14,22H,5-7,10-11,13H2,1-4H3. The first-order chi connectivity index (χ1) is 14.9. The Labute approximate surface area is 188 Å². The monoisotopic (exact) mass is 439 g/mol. The van der Waals surface area contributed by atoms with E-state index in [9.17, 15) is 9.59 Å². The molecule has 0 radical (unpaired) electrons. The fourth-order valence-corrected chi connectivity index (χ4v) is 5.51. The van der Waals surface area contributed by atoms with Crippen molar-refractivity contribution in [1.29, 1.82) is 0 Å². The van der Waals surface area contributed by atoms with E-state index >= 15 is 0 Å². The van der Waals surface area contributed by atoms with E-state index in [4.69, 9.17) is 9.73 Å². The van der Waals surface area contributed by atoms with Gasteiger partial charge in [0, 0.05) is 18.8 Å². The minimum atomic E-state index is -0.369. The Kier molecular flexibility index (Phi) is 6.23. The van der Waals surface area contributed by atoms with E-state index in [1.165, 1.54) is 24.4 Å². The molecule has 3 aliphatic rings. The lowest BCUT2D eigenvalue weighted by Crippen LogP contribution is -2.38. The van der Waals surface area contributed by atoms with Gasteiger partial charge in [-0.3, -0.25) is 4.79 Å². The van der Waals surface area contributed by atoms with Gasteiger partial charge in [-0.2, -0.15) is 0 Å². The number of allylic oxidation sites excluding steroid dienone is 1. The molecule has 1 saturated heterocycles. The van der Waals surface area contributed by atoms with Gasteiger partial charge in [0.05, 0.1) is 30.8 Å². The molecule has 6 nitrogen and oxygen atoms in total. The van der Waals surface area contributed by atoms with Crippen LogP contribution < -0.4 is 0 Å². The number of hydrogen-bond donors (Lipinski definition) is 0. The summed E-state index contributed by atoms with van der Waals surface area (Å²) in [7, 11) is 1.41. The number of thioether (sulfide) groups is 1. The summed E-state index contributed by atoms with van der Waals surface area (Å²) in [6.45, 7) is 7.78. The van der Waals surface area contributed by atoms with Crippen molar-refractivity contribution in [3.05, 3.63) is 57.3 Å². The second-order valence-corrected chi connectivity index (χ2v) is 9.06. The molecular formula is C24H29N3O3S. The van der Waals surface area contributed by atoms with Crippen molar-refractivity contribution in [3.63, 3.8) is 0 Å². The molecule has 1 atom stereocenters. The van der Waals surface area contributed by atoms with Crippen LogP contribution >= 0.6 is 11.8 Å². The van der Waals surface area contributed by atoms with Gasteiger partial charge in [0.25, 0.3) is 0 Å². The van der Waals surface area contributed by atoms with Gasteiger partial charge in [-0.05, 0) is 49.6 Å². The van der Waals surface area contributed by atoms with Gasteiger partial charge in [0.1, 0.15) is 0 Å². The molecule has 1 fully saturated rings. The molecular weight excluding hydrogens is 410 g/mol. The molecule has 1 aromatic rings. The molecule has 3 heterocycles. The van der Waals surface area contributed by atoms with Gasteiger partial charge < -0.3 is 14.5 Å². The van der Waals surface area contributed by atoms with Crippen LogP contribution in [0.2, 0.25) is 0 Å². The van der Waals surface area contributed by atoms with E-state index in [2.05, 4.69) is 36.9 Å². The van der Waals surface area contributed by atoms with Crippen molar-refractivity contribution in [2.75, 3.05) is 20.2 Å². The minimum Gasteiger partial charge on any atom is -0.466 e. The maximum Gasteiger partial charge on any atom is 0.338 e. The summed E-state index contributed by atoms with van der Waals surface area (Å²) in [5.41, 5.74) is 5.50. The van der Waals surface area contributed by atoms with Crippen LogP contribution in [0.25, 0.3) is 0 Å². The lowest BCUT2D eigenvalue weighted by Gasteiger charge is -2.37. The SMILES string of the molecule is CCC1=C(C(=O)OC)C(c2ccc(C)cc2C)N2C(CC(=O)N3CCCC3)=CSC2=N1. The molecule has 164 valence electrons. The van der Waals surface area contributed by atoms with Crippen molar-refractivity contribution in [2.24, 2.45) is 4.99 Å². The fourth-order valence-electron chi connectivity index (χ4n) is 4.57. The maximum atomic E-state index is 12.9. The van der Waals surface area contributed by atoms with Crippen molar-refractivity contribution in [1.82, 2.24) is 9.80 Å². The predicted molar refractivity (Wildman–Crippen MR) is 123 cm³/mol. The van der Waals surface area contributed by atoms with E-state index in [1.807, 2.05) is 17.2 Å². The summed E-state index contributed by atoms with van der Waals surface area (Å²) in [5.74, 6) is -0.235. The molecule has 0 N–H and O–H groups in total. The summed E-state index contributed by atoms with van der Waals surface area (Å²) >= 11 is 1.52. The van der Waals surface area contributed by atoms with Gasteiger partial charge in [-0.1, -0.05) is 42.4 Å². The van der Waals surface area contributed by atoms with Crippen LogP contribution in [0.5, 0.6) is 0 Å². The molecule has 1 amide bonds. The van der Waals surface area contributed by atoms with E-state index < -0.39 is 0 Å². The Bertz CT molecular complexity index is 1010. The smallest absolute Gasteiger partial charge is 0.338 e. The Morgan fingerprint density at radius 3 is 2.61 bits per heavy atom. The Balaban J connectivity index is 1.78. The number of aliphatic imine (C=N–C) groups is 1. The minimum absolute atomic E-state index is 0.134. The molecule has 0 bridgehead atoms. The zero-order valence-electron chi connectivity index (χ0n) is 18.6. The van der Waals surface area contributed by atoms with Gasteiger partial charge in [0.2, 0.25) is 5.91 Å². The van der Waals surface area contributed by atoms with Gasteiger partial charge in [-0.25, -0.2) is 9.79 Å². The molecule has 1 aromatic carbocycles. The molecule has 0 spiro atoms. The first-order valence-electron chi connectivity index (χ1n) is 10.8. The molecule has 7 heteroatoms. The van der Waals surface area contributed by atoms with Crippen LogP contribution in [0.3, 0.4) is 0 Å². The maximum absolute atomic E-state index is 12.9. The van der Waals surface area contributed by atoms with Crippen molar-refractivity contribution in [2.45, 2.75) is 52.5 Å². The van der Waals surface area contributed by atoms with E-state index in [0.717, 1.165) is 53.6 Å². The number of esters is 1. The summed E-state index contributed by atoms with van der Waals surface area (Å²) < 4.78 is 5.19. The third-order valence-corrected chi connectivity index (χ3v) is 7.03. The van der Waals surface area contributed by atoms with Gasteiger partial charge in [0.15, 0.2) is 5.17 Å². The highest BCUT2D eigenvalue weighted by atomic mass is 32.2. The van der Waals surface area contributed by atoms with E-state index in [1.54, 1.807) is 0 Å². The molecule has 1 unspecified atom stereocenters. The van der Waals surface area contributed by atoms with Gasteiger partial charge >= 0.3 is 5.97 Å². The number of benzene rings is 1. The third-order valence-electron chi connectivity index (χ3n) is 6.14. The number of nitrogens with zero attached hydrogens (tertiary/aromatic N) is 3. The molecule has 4 rings (SSSR count). The Morgan fingerprint density at radius 2 is 1.97 bits per heavy atom.